The van der Waals surface area contributed by atoms with Crippen LogP contribution in [0.4, 0.5) is 13.2 Å². The molecule has 0 unspecified atom stereocenters. The van der Waals surface area contributed by atoms with E-state index < -0.39 is 26.6 Å². The average molecular weight is 290 g/mol. The van der Waals surface area contributed by atoms with Crippen LogP contribution in [0.3, 0.4) is 0 Å². The van der Waals surface area contributed by atoms with Crippen LogP contribution in [0.5, 0.6) is 0 Å². The Labute approximate surface area is 107 Å². The molecule has 0 spiro atoms. The summed E-state index contributed by atoms with van der Waals surface area (Å²) in [6.07, 6.45) is -5.21. The summed E-state index contributed by atoms with van der Waals surface area (Å²) >= 11 is 0. The molecule has 1 aliphatic carbocycles. The minimum atomic E-state index is -4.64. The van der Waals surface area contributed by atoms with E-state index in [0.29, 0.717) is 0 Å². The Kier molecular flexibility index (Phi) is 3.07. The summed E-state index contributed by atoms with van der Waals surface area (Å²) in [5, 5.41) is 8.79. The molecule has 0 bridgehead atoms. The maximum Gasteiger partial charge on any atom is 0.407 e. The van der Waals surface area contributed by atoms with Gasteiger partial charge in [0, 0.05) is 0 Å². The highest BCUT2D eigenvalue weighted by Crippen LogP contribution is 2.49. The van der Waals surface area contributed by atoms with Crippen LogP contribution in [0, 0.1) is 11.3 Å². The zero-order valence-corrected chi connectivity index (χ0v) is 10.3. The van der Waals surface area contributed by atoms with Crippen molar-refractivity contribution in [2.45, 2.75) is 29.5 Å². The smallest absolute Gasteiger partial charge is 0.207 e. The van der Waals surface area contributed by atoms with E-state index in [2.05, 4.69) is 0 Å². The van der Waals surface area contributed by atoms with E-state index >= 15 is 0 Å². The van der Waals surface area contributed by atoms with E-state index in [1.54, 1.807) is 10.8 Å². The summed E-state index contributed by atoms with van der Waals surface area (Å²) in [5.41, 5.74) is -2.57. The molecule has 1 N–H and O–H groups in total. The predicted octanol–water partition coefficient (Wildman–Crippen LogP) is 1.93. The Balaban J connectivity index is 2.38. The lowest BCUT2D eigenvalue weighted by atomic mass is 10.2. The minimum absolute atomic E-state index is 0.187. The lowest BCUT2D eigenvalue weighted by Crippen LogP contribution is -2.47. The van der Waals surface area contributed by atoms with Crippen molar-refractivity contribution < 1.29 is 21.6 Å². The van der Waals surface area contributed by atoms with Crippen LogP contribution in [0.15, 0.2) is 29.2 Å². The number of rotatable bonds is 3. The molecule has 0 aliphatic heterocycles. The molecule has 0 heterocycles. The van der Waals surface area contributed by atoms with Crippen LogP contribution in [0.1, 0.15) is 18.4 Å². The quantitative estimate of drug-likeness (QED) is 0.924. The maximum atomic E-state index is 12.7. The Morgan fingerprint density at radius 1 is 1.26 bits per heavy atom. The van der Waals surface area contributed by atoms with Gasteiger partial charge >= 0.3 is 6.18 Å². The van der Waals surface area contributed by atoms with Crippen LogP contribution in [-0.2, 0) is 10.0 Å². The van der Waals surface area contributed by atoms with Gasteiger partial charge in [0.05, 0.1) is 10.5 Å². The van der Waals surface area contributed by atoms with Crippen molar-refractivity contribution >= 4 is 10.0 Å². The van der Waals surface area contributed by atoms with Crippen molar-refractivity contribution in [3.63, 3.8) is 0 Å². The van der Waals surface area contributed by atoms with Gasteiger partial charge in [-0.15, -0.1) is 0 Å². The van der Waals surface area contributed by atoms with E-state index in [1.807, 2.05) is 0 Å². The third-order valence-corrected chi connectivity index (χ3v) is 4.51. The van der Waals surface area contributed by atoms with E-state index in [4.69, 9.17) is 5.26 Å². The molecule has 0 aromatic heterocycles. The van der Waals surface area contributed by atoms with Gasteiger partial charge in [0.2, 0.25) is 10.0 Å². The molecular formula is C11H9F3N2O2S. The highest BCUT2D eigenvalue weighted by molar-refractivity contribution is 7.89. The number of nitrogens with one attached hydrogen (secondary N) is 1. The zero-order chi connectivity index (χ0) is 14.3. The van der Waals surface area contributed by atoms with Gasteiger partial charge in [-0.05, 0) is 25.0 Å². The summed E-state index contributed by atoms with van der Waals surface area (Å²) in [5.74, 6) is 0. The van der Waals surface area contributed by atoms with E-state index in [-0.39, 0.29) is 18.4 Å². The number of nitriles is 1. The van der Waals surface area contributed by atoms with Crippen molar-refractivity contribution in [3.05, 3.63) is 29.8 Å². The summed E-state index contributed by atoms with van der Waals surface area (Å²) in [7, 11) is -4.37. The van der Waals surface area contributed by atoms with Crippen LogP contribution in [0.25, 0.3) is 0 Å². The predicted molar refractivity (Wildman–Crippen MR) is 59.5 cm³/mol. The molecule has 1 saturated carbocycles. The van der Waals surface area contributed by atoms with Gasteiger partial charge in [0.1, 0.15) is 11.6 Å². The van der Waals surface area contributed by atoms with Gasteiger partial charge in [-0.2, -0.15) is 23.2 Å². The summed E-state index contributed by atoms with van der Waals surface area (Å²) < 4.78 is 63.8. The first-order chi connectivity index (χ1) is 8.72. The largest absolute Gasteiger partial charge is 0.407 e. The van der Waals surface area contributed by atoms with E-state index in [0.717, 1.165) is 6.07 Å². The number of hydrogen-bond donors (Lipinski definition) is 1. The first kappa shape index (κ1) is 13.8. The summed E-state index contributed by atoms with van der Waals surface area (Å²) in [4.78, 5) is -0.437. The second-order valence-corrected chi connectivity index (χ2v) is 5.94. The number of hydrogen-bond acceptors (Lipinski definition) is 3. The molecule has 1 aromatic rings. The Bertz CT molecular complexity index is 643. The van der Waals surface area contributed by atoms with Crippen molar-refractivity contribution in [2.75, 3.05) is 0 Å². The van der Waals surface area contributed by atoms with Crippen molar-refractivity contribution in [1.82, 2.24) is 4.72 Å². The number of alkyl halides is 3. The fourth-order valence-electron chi connectivity index (χ4n) is 1.67. The maximum absolute atomic E-state index is 12.7. The minimum Gasteiger partial charge on any atom is -0.207 e. The number of sulfonamides is 1. The Morgan fingerprint density at radius 2 is 1.84 bits per heavy atom. The zero-order valence-electron chi connectivity index (χ0n) is 9.53. The first-order valence-electron chi connectivity index (χ1n) is 5.32. The first-order valence-corrected chi connectivity index (χ1v) is 6.80. The van der Waals surface area contributed by atoms with Crippen molar-refractivity contribution in [1.29, 1.82) is 5.26 Å². The molecule has 2 rings (SSSR count). The molecule has 19 heavy (non-hydrogen) atoms. The van der Waals surface area contributed by atoms with Crippen molar-refractivity contribution in [3.8, 4) is 6.07 Å². The topological polar surface area (TPSA) is 70.0 Å². The number of benzene rings is 1. The molecule has 4 nitrogen and oxygen atoms in total. The fourth-order valence-corrected chi connectivity index (χ4v) is 3.28. The second-order valence-electron chi connectivity index (χ2n) is 4.29. The monoisotopic (exact) mass is 290 g/mol. The van der Waals surface area contributed by atoms with Crippen LogP contribution in [0.2, 0.25) is 0 Å². The molecule has 0 saturated heterocycles. The molecule has 1 fully saturated rings. The van der Waals surface area contributed by atoms with Gasteiger partial charge in [-0.25, -0.2) is 8.42 Å². The fraction of sp³-hybridized carbons (Fsp3) is 0.364. The Hall–Kier alpha value is -1.59. The second kappa shape index (κ2) is 4.21. The van der Waals surface area contributed by atoms with Gasteiger partial charge in [0.25, 0.3) is 0 Å². The SMILES string of the molecule is N#Cc1ccccc1S(=O)(=O)NC1(C(F)(F)F)CC1. The third kappa shape index (κ3) is 2.43. The lowest BCUT2D eigenvalue weighted by molar-refractivity contribution is -0.160. The molecule has 8 heteroatoms. The third-order valence-electron chi connectivity index (χ3n) is 2.92. The summed E-state index contributed by atoms with van der Waals surface area (Å²) in [6.45, 7) is 0. The molecule has 1 aliphatic rings. The van der Waals surface area contributed by atoms with Crippen LogP contribution >= 0.6 is 0 Å². The van der Waals surface area contributed by atoms with Gasteiger partial charge in [0.15, 0.2) is 0 Å². The normalized spacial score (nSPS) is 17.8. The lowest BCUT2D eigenvalue weighted by Gasteiger charge is -2.20. The Morgan fingerprint density at radius 3 is 2.32 bits per heavy atom. The molecule has 0 radical (unpaired) electrons. The number of halogens is 3. The average Bonchev–Trinajstić information content (AvgIpc) is 3.08. The molecule has 0 amide bonds. The standard InChI is InChI=1S/C11H9F3N2O2S/c12-11(13,14)10(5-6-10)16-19(17,18)9-4-2-1-3-8(9)7-15/h1-4,16H,5-6H2. The summed E-state index contributed by atoms with van der Waals surface area (Å²) in [6, 6.07) is 6.78. The van der Waals surface area contributed by atoms with E-state index in [9.17, 15) is 21.6 Å². The molecule has 102 valence electrons. The van der Waals surface area contributed by atoms with Crippen LogP contribution < -0.4 is 4.72 Å². The highest BCUT2D eigenvalue weighted by Gasteiger charge is 2.65. The highest BCUT2D eigenvalue weighted by atomic mass is 32.2. The number of nitrogens with zero attached hydrogens (tertiary/aromatic N) is 1. The molecular weight excluding hydrogens is 281 g/mol. The molecule has 0 atom stereocenters. The van der Waals surface area contributed by atoms with Gasteiger partial charge in [-0.3, -0.25) is 0 Å². The van der Waals surface area contributed by atoms with Crippen LogP contribution in [-0.4, -0.2) is 20.1 Å². The van der Waals surface area contributed by atoms with Gasteiger partial charge < -0.3 is 0 Å². The van der Waals surface area contributed by atoms with Gasteiger partial charge in [-0.1, -0.05) is 12.1 Å². The van der Waals surface area contributed by atoms with Crippen molar-refractivity contribution in [2.24, 2.45) is 0 Å². The van der Waals surface area contributed by atoms with E-state index in [1.165, 1.54) is 18.2 Å². The molecule has 1 aromatic carbocycles.